The van der Waals surface area contributed by atoms with Gasteiger partial charge in [-0.15, -0.1) is 0 Å². The van der Waals surface area contributed by atoms with E-state index in [0.29, 0.717) is 17.0 Å². The molecule has 6 heteroatoms. The largest absolute Gasteiger partial charge is 0.495 e. The van der Waals surface area contributed by atoms with Gasteiger partial charge in [0.05, 0.1) is 12.8 Å². The minimum atomic E-state index is -0.955. The lowest BCUT2D eigenvalue weighted by Gasteiger charge is -2.21. The molecule has 0 saturated heterocycles. The van der Waals surface area contributed by atoms with Gasteiger partial charge in [-0.25, -0.2) is 0 Å². The Morgan fingerprint density at radius 2 is 2.00 bits per heavy atom. The Morgan fingerprint density at radius 3 is 2.42 bits per heavy atom. The molecule has 1 aromatic carbocycles. The van der Waals surface area contributed by atoms with Crippen LogP contribution in [0.5, 0.6) is 5.75 Å². The first-order chi connectivity index (χ1) is 8.86. The van der Waals surface area contributed by atoms with Crippen molar-refractivity contribution in [2.75, 3.05) is 26.5 Å². The topological polar surface area (TPSA) is 78.9 Å². The van der Waals surface area contributed by atoms with E-state index in [1.807, 2.05) is 0 Å². The van der Waals surface area contributed by atoms with E-state index < -0.39 is 12.0 Å². The molecule has 0 aliphatic rings. The van der Waals surface area contributed by atoms with E-state index in [1.165, 1.54) is 14.0 Å². The predicted molar refractivity (Wildman–Crippen MR) is 71.4 cm³/mol. The van der Waals surface area contributed by atoms with E-state index in [4.69, 9.17) is 4.74 Å². The molecule has 1 amide bonds. The van der Waals surface area contributed by atoms with Crippen molar-refractivity contribution in [1.29, 1.82) is 0 Å². The zero-order valence-corrected chi connectivity index (χ0v) is 11.4. The summed E-state index contributed by atoms with van der Waals surface area (Å²) in [6.45, 7) is 1.38. The van der Waals surface area contributed by atoms with Crippen molar-refractivity contribution in [3.63, 3.8) is 0 Å². The third-order valence-corrected chi connectivity index (χ3v) is 2.60. The SMILES string of the molecule is COc1ccc(C(C(=O)O)N(C)C)cc1NC(C)=O. The molecule has 0 heterocycles. The van der Waals surface area contributed by atoms with Gasteiger partial charge in [-0.05, 0) is 31.8 Å². The minimum absolute atomic E-state index is 0.243. The Bertz CT molecular complexity index is 486. The van der Waals surface area contributed by atoms with Gasteiger partial charge in [0.1, 0.15) is 11.8 Å². The van der Waals surface area contributed by atoms with Crippen LogP contribution < -0.4 is 10.1 Å². The lowest BCUT2D eigenvalue weighted by molar-refractivity contribution is -0.142. The molecular weight excluding hydrogens is 248 g/mol. The lowest BCUT2D eigenvalue weighted by Crippen LogP contribution is -2.27. The summed E-state index contributed by atoms with van der Waals surface area (Å²) in [5.41, 5.74) is 1.03. The van der Waals surface area contributed by atoms with Crippen molar-refractivity contribution >= 4 is 17.6 Å². The summed E-state index contributed by atoms with van der Waals surface area (Å²) in [4.78, 5) is 24.0. The van der Waals surface area contributed by atoms with Crippen LogP contribution in [0.2, 0.25) is 0 Å². The second-order valence-corrected chi connectivity index (χ2v) is 4.35. The molecule has 0 saturated carbocycles. The first kappa shape index (κ1) is 15.0. The number of carbonyl (C=O) groups excluding carboxylic acids is 1. The van der Waals surface area contributed by atoms with Crippen molar-refractivity contribution < 1.29 is 19.4 Å². The molecule has 1 unspecified atom stereocenters. The van der Waals surface area contributed by atoms with Crippen LogP contribution in [-0.2, 0) is 9.59 Å². The zero-order chi connectivity index (χ0) is 14.6. The summed E-state index contributed by atoms with van der Waals surface area (Å²) < 4.78 is 5.13. The van der Waals surface area contributed by atoms with E-state index in [2.05, 4.69) is 5.32 Å². The summed E-state index contributed by atoms with van der Waals surface area (Å²) >= 11 is 0. The lowest BCUT2D eigenvalue weighted by atomic mass is 10.0. The van der Waals surface area contributed by atoms with Gasteiger partial charge in [0.25, 0.3) is 0 Å². The van der Waals surface area contributed by atoms with Crippen molar-refractivity contribution in [2.45, 2.75) is 13.0 Å². The van der Waals surface area contributed by atoms with Gasteiger partial charge in [-0.1, -0.05) is 6.07 Å². The number of carbonyl (C=O) groups is 2. The fraction of sp³-hybridized carbons (Fsp3) is 0.385. The maximum absolute atomic E-state index is 11.3. The number of amides is 1. The van der Waals surface area contributed by atoms with Crippen molar-refractivity contribution in [1.82, 2.24) is 4.90 Å². The molecule has 1 rings (SSSR count). The molecule has 0 fully saturated rings. The number of methoxy groups -OCH3 is 1. The Labute approximate surface area is 112 Å². The average molecular weight is 266 g/mol. The highest BCUT2D eigenvalue weighted by atomic mass is 16.5. The molecule has 0 aliphatic heterocycles. The summed E-state index contributed by atoms with van der Waals surface area (Å²) in [5, 5.41) is 11.9. The Balaban J connectivity index is 3.22. The van der Waals surface area contributed by atoms with Crippen LogP contribution in [-0.4, -0.2) is 43.1 Å². The number of benzene rings is 1. The van der Waals surface area contributed by atoms with E-state index in [9.17, 15) is 14.7 Å². The van der Waals surface area contributed by atoms with Gasteiger partial charge in [-0.2, -0.15) is 0 Å². The molecule has 0 aromatic heterocycles. The highest BCUT2D eigenvalue weighted by Gasteiger charge is 2.23. The average Bonchev–Trinajstić information content (AvgIpc) is 2.27. The standard InChI is InChI=1S/C13H18N2O4/c1-8(16)14-10-7-9(5-6-11(10)19-4)12(13(17)18)15(2)3/h5-7,12H,1-4H3,(H,14,16)(H,17,18). The van der Waals surface area contributed by atoms with Crippen LogP contribution in [0.3, 0.4) is 0 Å². The molecule has 2 N–H and O–H groups in total. The molecule has 1 aromatic rings. The van der Waals surface area contributed by atoms with Crippen LogP contribution in [0.1, 0.15) is 18.5 Å². The van der Waals surface area contributed by atoms with Crippen LogP contribution in [0.15, 0.2) is 18.2 Å². The van der Waals surface area contributed by atoms with Crippen LogP contribution in [0.25, 0.3) is 0 Å². The number of carboxylic acid groups (broad SMARTS) is 1. The molecule has 0 radical (unpaired) electrons. The van der Waals surface area contributed by atoms with Gasteiger partial charge in [0.15, 0.2) is 0 Å². The number of rotatable bonds is 5. The minimum Gasteiger partial charge on any atom is -0.495 e. The Kier molecular flexibility index (Phi) is 4.88. The first-order valence-electron chi connectivity index (χ1n) is 5.71. The Morgan fingerprint density at radius 1 is 1.37 bits per heavy atom. The van der Waals surface area contributed by atoms with Crippen LogP contribution in [0, 0.1) is 0 Å². The predicted octanol–water partition coefficient (Wildman–Crippen LogP) is 1.34. The number of hydrogen-bond donors (Lipinski definition) is 2. The fourth-order valence-electron chi connectivity index (χ4n) is 1.84. The van der Waals surface area contributed by atoms with Crippen LogP contribution >= 0.6 is 0 Å². The van der Waals surface area contributed by atoms with Gasteiger partial charge in [-0.3, -0.25) is 14.5 Å². The number of hydrogen-bond acceptors (Lipinski definition) is 4. The van der Waals surface area contributed by atoms with Gasteiger partial charge in [0.2, 0.25) is 5.91 Å². The maximum atomic E-state index is 11.3. The second kappa shape index (κ2) is 6.19. The molecular formula is C13H18N2O4. The molecule has 0 aliphatic carbocycles. The quantitative estimate of drug-likeness (QED) is 0.840. The molecule has 19 heavy (non-hydrogen) atoms. The molecule has 0 spiro atoms. The van der Waals surface area contributed by atoms with E-state index in [0.717, 1.165) is 0 Å². The maximum Gasteiger partial charge on any atom is 0.325 e. The molecule has 0 bridgehead atoms. The van der Waals surface area contributed by atoms with E-state index in [1.54, 1.807) is 37.2 Å². The summed E-state index contributed by atoms with van der Waals surface area (Å²) in [6, 6.07) is 4.14. The van der Waals surface area contributed by atoms with Crippen molar-refractivity contribution in [3.05, 3.63) is 23.8 Å². The van der Waals surface area contributed by atoms with Gasteiger partial charge in [0, 0.05) is 6.92 Å². The fourth-order valence-corrected chi connectivity index (χ4v) is 1.84. The molecule has 104 valence electrons. The van der Waals surface area contributed by atoms with E-state index >= 15 is 0 Å². The smallest absolute Gasteiger partial charge is 0.325 e. The highest BCUT2D eigenvalue weighted by Crippen LogP contribution is 2.29. The third-order valence-electron chi connectivity index (χ3n) is 2.60. The number of ether oxygens (including phenoxy) is 1. The van der Waals surface area contributed by atoms with E-state index in [-0.39, 0.29) is 5.91 Å². The number of nitrogens with zero attached hydrogens (tertiary/aromatic N) is 1. The zero-order valence-electron chi connectivity index (χ0n) is 11.4. The van der Waals surface area contributed by atoms with Crippen LogP contribution in [0.4, 0.5) is 5.69 Å². The first-order valence-corrected chi connectivity index (χ1v) is 5.71. The Hall–Kier alpha value is -2.08. The summed E-state index contributed by atoms with van der Waals surface area (Å²) in [5.74, 6) is -0.710. The van der Waals surface area contributed by atoms with Crippen molar-refractivity contribution in [3.8, 4) is 5.75 Å². The third kappa shape index (κ3) is 3.69. The molecule has 1 atom stereocenters. The second-order valence-electron chi connectivity index (χ2n) is 4.35. The number of aliphatic carboxylic acids is 1. The molecule has 6 nitrogen and oxygen atoms in total. The summed E-state index contributed by atoms with van der Waals surface area (Å²) in [6.07, 6.45) is 0. The number of nitrogens with one attached hydrogen (secondary N) is 1. The normalized spacial score (nSPS) is 12.1. The number of carboxylic acids is 1. The van der Waals surface area contributed by atoms with Gasteiger partial charge >= 0.3 is 5.97 Å². The summed E-state index contributed by atoms with van der Waals surface area (Å²) in [7, 11) is 4.85. The van der Waals surface area contributed by atoms with Gasteiger partial charge < -0.3 is 15.2 Å². The number of likely N-dealkylation sites (N-methyl/N-ethyl adjacent to an activating group) is 1. The highest BCUT2D eigenvalue weighted by molar-refractivity contribution is 5.90. The monoisotopic (exact) mass is 266 g/mol. The van der Waals surface area contributed by atoms with Crippen molar-refractivity contribution in [2.24, 2.45) is 0 Å². The number of anilines is 1.